The lowest BCUT2D eigenvalue weighted by Crippen LogP contribution is -2.43. The van der Waals surface area contributed by atoms with Crippen molar-refractivity contribution in [3.63, 3.8) is 0 Å². The first-order valence-corrected chi connectivity index (χ1v) is 4.80. The molecule has 3 atom stereocenters. The second-order valence-electron chi connectivity index (χ2n) is 3.89. The van der Waals surface area contributed by atoms with E-state index in [0.29, 0.717) is 13.2 Å². The number of hydrogen-bond acceptors (Lipinski definition) is 4. The van der Waals surface area contributed by atoms with E-state index in [1.807, 2.05) is 0 Å². The molecule has 1 amide bonds. The fourth-order valence-electron chi connectivity index (χ4n) is 2.29. The molecule has 0 spiro atoms. The van der Waals surface area contributed by atoms with Crippen LogP contribution in [0.2, 0.25) is 0 Å². The smallest absolute Gasteiger partial charge is 0.407 e. The van der Waals surface area contributed by atoms with Crippen LogP contribution < -0.4 is 5.32 Å². The maximum Gasteiger partial charge on any atom is 0.407 e. The van der Waals surface area contributed by atoms with Crippen molar-refractivity contribution in [3.8, 4) is 0 Å². The molecule has 15 heavy (non-hydrogen) atoms. The van der Waals surface area contributed by atoms with Crippen molar-refractivity contribution < 1.29 is 24.2 Å². The quantitative estimate of drug-likeness (QED) is 0.674. The van der Waals surface area contributed by atoms with Crippen LogP contribution in [0.3, 0.4) is 0 Å². The highest BCUT2D eigenvalue weighted by Gasteiger charge is 2.59. The molecule has 0 aromatic rings. The van der Waals surface area contributed by atoms with Gasteiger partial charge < -0.3 is 19.9 Å². The molecular formula is C9H13NO5. The summed E-state index contributed by atoms with van der Waals surface area (Å²) in [5.74, 6) is -0.457. The number of rotatable bonds is 3. The highest BCUT2D eigenvalue weighted by Crippen LogP contribution is 2.52. The van der Waals surface area contributed by atoms with Crippen LogP contribution in [0.25, 0.3) is 0 Å². The van der Waals surface area contributed by atoms with Crippen LogP contribution in [0.1, 0.15) is 0 Å². The molecule has 2 rings (SSSR count). The highest BCUT2D eigenvalue weighted by atomic mass is 16.5. The Kier molecular flexibility index (Phi) is 2.52. The lowest BCUT2D eigenvalue weighted by molar-refractivity contribution is -0.140. The van der Waals surface area contributed by atoms with E-state index < -0.39 is 18.1 Å². The summed E-state index contributed by atoms with van der Waals surface area (Å²) in [5.41, 5.74) is 0. The lowest BCUT2D eigenvalue weighted by atomic mass is 10.1. The molecule has 1 heterocycles. The third-order valence-electron chi connectivity index (χ3n) is 3.13. The van der Waals surface area contributed by atoms with Crippen molar-refractivity contribution in [3.05, 3.63) is 0 Å². The molecule has 0 unspecified atom stereocenters. The number of amides is 1. The zero-order valence-electron chi connectivity index (χ0n) is 8.30. The van der Waals surface area contributed by atoms with Crippen LogP contribution in [-0.4, -0.2) is 43.5 Å². The number of hydrogen-bond donors (Lipinski definition) is 2. The Morgan fingerprint density at radius 1 is 1.47 bits per heavy atom. The second-order valence-corrected chi connectivity index (χ2v) is 3.89. The molecule has 0 radical (unpaired) electrons. The van der Waals surface area contributed by atoms with Gasteiger partial charge in [0.25, 0.3) is 0 Å². The van der Waals surface area contributed by atoms with Gasteiger partial charge in [-0.25, -0.2) is 9.59 Å². The van der Waals surface area contributed by atoms with Gasteiger partial charge >= 0.3 is 12.1 Å². The van der Waals surface area contributed by atoms with Gasteiger partial charge in [0.1, 0.15) is 6.04 Å². The number of aliphatic carboxylic acids is 1. The maximum absolute atomic E-state index is 11.0. The number of nitrogens with one attached hydrogen (secondary N) is 1. The SMILES string of the molecule is COC(=O)N[C@H](C(=O)O)C1[C@H]2COC[C@H]12. The first-order chi connectivity index (χ1) is 7.15. The number of alkyl carbamates (subject to hydrolysis) is 1. The first kappa shape index (κ1) is 10.2. The van der Waals surface area contributed by atoms with Crippen molar-refractivity contribution >= 4 is 12.1 Å². The van der Waals surface area contributed by atoms with E-state index in [1.165, 1.54) is 7.11 Å². The fourth-order valence-corrected chi connectivity index (χ4v) is 2.29. The summed E-state index contributed by atoms with van der Waals surface area (Å²) in [7, 11) is 1.21. The fraction of sp³-hybridized carbons (Fsp3) is 0.778. The average Bonchev–Trinajstić information content (AvgIpc) is 2.68. The Balaban J connectivity index is 1.96. The predicted molar refractivity (Wildman–Crippen MR) is 48.3 cm³/mol. The van der Waals surface area contributed by atoms with Crippen LogP contribution >= 0.6 is 0 Å². The minimum atomic E-state index is -1.01. The monoisotopic (exact) mass is 215 g/mol. The van der Waals surface area contributed by atoms with Crippen molar-refractivity contribution in [1.82, 2.24) is 5.32 Å². The van der Waals surface area contributed by atoms with Gasteiger partial charge in [-0.05, 0) is 11.8 Å². The van der Waals surface area contributed by atoms with E-state index in [0.717, 1.165) is 0 Å². The van der Waals surface area contributed by atoms with E-state index >= 15 is 0 Å². The molecule has 1 saturated heterocycles. The molecule has 0 aromatic carbocycles. The Bertz CT molecular complexity index is 282. The number of carbonyl (C=O) groups excluding carboxylic acids is 1. The zero-order chi connectivity index (χ0) is 11.0. The Morgan fingerprint density at radius 3 is 2.53 bits per heavy atom. The molecule has 2 fully saturated rings. The molecule has 1 saturated carbocycles. The van der Waals surface area contributed by atoms with Crippen molar-refractivity contribution in [2.24, 2.45) is 17.8 Å². The summed E-state index contributed by atoms with van der Waals surface area (Å²) < 4.78 is 9.55. The number of carboxylic acid groups (broad SMARTS) is 1. The average molecular weight is 215 g/mol. The van der Waals surface area contributed by atoms with Gasteiger partial charge in [-0.1, -0.05) is 0 Å². The standard InChI is InChI=1S/C9H13NO5/c1-14-9(13)10-7(8(11)12)6-4-2-15-3-5(4)6/h4-7H,2-3H2,1H3,(H,10,13)(H,11,12)/t4-,5-,7-/m0/s1. The minimum Gasteiger partial charge on any atom is -0.480 e. The van der Waals surface area contributed by atoms with Crippen LogP contribution in [0, 0.1) is 17.8 Å². The van der Waals surface area contributed by atoms with E-state index in [2.05, 4.69) is 10.1 Å². The van der Waals surface area contributed by atoms with Crippen LogP contribution in [0.15, 0.2) is 0 Å². The highest BCUT2D eigenvalue weighted by molar-refractivity contribution is 5.80. The van der Waals surface area contributed by atoms with Gasteiger partial charge in [0.15, 0.2) is 0 Å². The maximum atomic E-state index is 11.0. The minimum absolute atomic E-state index is 0.00431. The summed E-state index contributed by atoms with van der Waals surface area (Å²) in [6, 6.07) is -0.851. The topological polar surface area (TPSA) is 84.9 Å². The van der Waals surface area contributed by atoms with E-state index in [1.54, 1.807) is 0 Å². The van der Waals surface area contributed by atoms with Crippen LogP contribution in [-0.2, 0) is 14.3 Å². The summed E-state index contributed by atoms with van der Waals surface area (Å²) in [5, 5.41) is 11.3. The van der Waals surface area contributed by atoms with Crippen LogP contribution in [0.5, 0.6) is 0 Å². The van der Waals surface area contributed by atoms with Gasteiger partial charge in [0.05, 0.1) is 20.3 Å². The molecule has 1 aliphatic carbocycles. The normalized spacial score (nSPS) is 34.1. The Labute approximate surface area is 86.5 Å². The zero-order valence-corrected chi connectivity index (χ0v) is 8.30. The number of fused-ring (bicyclic) bond motifs is 1. The predicted octanol–water partition coefficient (Wildman–Crippen LogP) is -0.312. The molecule has 6 heteroatoms. The molecule has 2 aliphatic rings. The van der Waals surface area contributed by atoms with Gasteiger partial charge in [-0.2, -0.15) is 0 Å². The molecule has 2 N–H and O–H groups in total. The Morgan fingerprint density at radius 2 is 2.07 bits per heavy atom. The number of carboxylic acids is 1. The summed E-state index contributed by atoms with van der Waals surface area (Å²) in [4.78, 5) is 21.9. The van der Waals surface area contributed by atoms with Crippen molar-refractivity contribution in [2.45, 2.75) is 6.04 Å². The third-order valence-corrected chi connectivity index (χ3v) is 3.13. The number of ether oxygens (including phenoxy) is 2. The molecule has 84 valence electrons. The van der Waals surface area contributed by atoms with Gasteiger partial charge in [0, 0.05) is 5.92 Å². The van der Waals surface area contributed by atoms with Crippen molar-refractivity contribution in [2.75, 3.05) is 20.3 Å². The van der Waals surface area contributed by atoms with E-state index in [4.69, 9.17) is 9.84 Å². The largest absolute Gasteiger partial charge is 0.480 e. The number of carbonyl (C=O) groups is 2. The third kappa shape index (κ3) is 1.77. The van der Waals surface area contributed by atoms with Gasteiger partial charge in [-0.15, -0.1) is 0 Å². The summed E-state index contributed by atoms with van der Waals surface area (Å²) in [6.07, 6.45) is -0.701. The Hall–Kier alpha value is -1.30. The van der Waals surface area contributed by atoms with Gasteiger partial charge in [-0.3, -0.25) is 0 Å². The van der Waals surface area contributed by atoms with E-state index in [-0.39, 0.29) is 17.8 Å². The van der Waals surface area contributed by atoms with Gasteiger partial charge in [0.2, 0.25) is 0 Å². The summed E-state index contributed by atoms with van der Waals surface area (Å²) in [6.45, 7) is 1.20. The molecule has 1 aliphatic heterocycles. The second kappa shape index (κ2) is 3.69. The number of methoxy groups -OCH3 is 1. The van der Waals surface area contributed by atoms with E-state index in [9.17, 15) is 9.59 Å². The summed E-state index contributed by atoms with van der Waals surface area (Å²) >= 11 is 0. The van der Waals surface area contributed by atoms with Crippen molar-refractivity contribution in [1.29, 1.82) is 0 Å². The molecule has 6 nitrogen and oxygen atoms in total. The molecule has 0 bridgehead atoms. The molecule has 0 aromatic heterocycles. The van der Waals surface area contributed by atoms with Crippen LogP contribution in [0.4, 0.5) is 4.79 Å². The first-order valence-electron chi connectivity index (χ1n) is 4.80. The molecular weight excluding hydrogens is 202 g/mol. The lowest BCUT2D eigenvalue weighted by Gasteiger charge is -2.15.